The molecule has 5 rings (SSSR count). The third-order valence-corrected chi connectivity index (χ3v) is 8.10. The van der Waals surface area contributed by atoms with Gasteiger partial charge in [0.15, 0.2) is 0 Å². The quantitative estimate of drug-likeness (QED) is 0.284. The molecule has 2 aliphatic rings. The van der Waals surface area contributed by atoms with Crippen LogP contribution in [0.25, 0.3) is 11.1 Å². The van der Waals surface area contributed by atoms with E-state index in [9.17, 15) is 23.1 Å². The molecule has 0 bridgehead atoms. The third-order valence-electron chi connectivity index (χ3n) is 7.86. The van der Waals surface area contributed by atoms with E-state index >= 15 is 0 Å². The number of carboxylic acids is 1. The molecule has 4 N–H and O–H groups in total. The number of nitrogens with one attached hydrogen (secondary N) is 1. The number of nitrogens with zero attached hydrogens (tertiary/aromatic N) is 3. The lowest BCUT2D eigenvalue weighted by Gasteiger charge is -2.39. The summed E-state index contributed by atoms with van der Waals surface area (Å²) >= 11 is 6.24. The number of carbonyl (C=O) groups is 1. The van der Waals surface area contributed by atoms with Gasteiger partial charge in [0.05, 0.1) is 6.10 Å². The van der Waals surface area contributed by atoms with Crippen LogP contribution in [-0.4, -0.2) is 59.0 Å². The lowest BCUT2D eigenvalue weighted by molar-refractivity contribution is -0.198. The average molecular weight is 620 g/mol. The van der Waals surface area contributed by atoms with Crippen molar-refractivity contribution >= 4 is 29.3 Å². The van der Waals surface area contributed by atoms with E-state index < -0.39 is 24.3 Å². The first-order valence-corrected chi connectivity index (χ1v) is 14.4. The fourth-order valence-electron chi connectivity index (χ4n) is 5.78. The molecule has 13 heteroatoms. The van der Waals surface area contributed by atoms with Crippen LogP contribution >= 0.6 is 11.6 Å². The van der Waals surface area contributed by atoms with Crippen molar-refractivity contribution in [3.05, 3.63) is 59.1 Å². The van der Waals surface area contributed by atoms with Crippen molar-refractivity contribution in [1.82, 2.24) is 15.3 Å². The van der Waals surface area contributed by atoms with Gasteiger partial charge in [-0.1, -0.05) is 29.8 Å². The maximum atomic E-state index is 14.6. The van der Waals surface area contributed by atoms with E-state index in [1.807, 2.05) is 18.7 Å². The van der Waals surface area contributed by atoms with Gasteiger partial charge in [-0.05, 0) is 73.9 Å². The number of nitrogen functional groups attached to an aromatic ring is 1. The topological polar surface area (TPSA) is 123 Å². The van der Waals surface area contributed by atoms with Crippen LogP contribution in [0.3, 0.4) is 0 Å². The minimum Gasteiger partial charge on any atom is -0.491 e. The Morgan fingerprint density at radius 1 is 1.14 bits per heavy atom. The van der Waals surface area contributed by atoms with E-state index in [4.69, 9.17) is 26.8 Å². The number of nitrogens with two attached hydrogens (primary N) is 1. The van der Waals surface area contributed by atoms with Crippen LogP contribution in [0.5, 0.6) is 11.6 Å². The summed E-state index contributed by atoms with van der Waals surface area (Å²) in [6.07, 6.45) is -5.41. The van der Waals surface area contributed by atoms with Crippen molar-refractivity contribution in [2.24, 2.45) is 5.41 Å². The Morgan fingerprint density at radius 2 is 1.88 bits per heavy atom. The smallest absolute Gasteiger partial charge is 0.429 e. The maximum absolute atomic E-state index is 14.6. The van der Waals surface area contributed by atoms with Crippen molar-refractivity contribution in [2.75, 3.05) is 30.3 Å². The highest BCUT2D eigenvalue weighted by Crippen LogP contribution is 2.44. The summed E-state index contributed by atoms with van der Waals surface area (Å²) in [7, 11) is 0. The predicted octanol–water partition coefficient (Wildman–Crippen LogP) is 5.88. The van der Waals surface area contributed by atoms with E-state index in [-0.39, 0.29) is 39.5 Å². The predicted molar refractivity (Wildman–Crippen MR) is 156 cm³/mol. The number of aromatic nitrogens is 2. The van der Waals surface area contributed by atoms with Gasteiger partial charge < -0.3 is 30.5 Å². The number of ether oxygens (including phenoxy) is 2. The van der Waals surface area contributed by atoms with Gasteiger partial charge in [-0.3, -0.25) is 4.79 Å². The van der Waals surface area contributed by atoms with Crippen molar-refractivity contribution < 1.29 is 32.5 Å². The third kappa shape index (κ3) is 7.07. The van der Waals surface area contributed by atoms with Gasteiger partial charge in [0.1, 0.15) is 17.6 Å². The van der Waals surface area contributed by atoms with Crippen LogP contribution in [0.2, 0.25) is 5.02 Å². The highest BCUT2D eigenvalue weighted by atomic mass is 35.5. The van der Waals surface area contributed by atoms with Gasteiger partial charge in [0.25, 0.3) is 0 Å². The minimum absolute atomic E-state index is 0.125. The standard InChI is InChI=1S/C30H33ClF3N5O4/c1-17(2)42-20-5-3-4-18(12-20)22-13-19(31)6-7-21(22)26(30(32,33)34)43-25-14-24(37-28(35)38-25)39-10-8-29(9-11-39)15-23(27(40)41)36-16-29/h3-7,12-14,17,23,26,36H,8-11,15-16H2,1-2H3,(H,40,41)(H2,35,37,38)/t23-,26?/m0/s1. The van der Waals surface area contributed by atoms with Crippen LogP contribution in [-0.2, 0) is 4.79 Å². The Hall–Kier alpha value is -3.77. The zero-order chi connectivity index (χ0) is 30.9. The molecule has 2 aliphatic heterocycles. The number of aliphatic carboxylic acids is 1. The molecule has 2 aromatic carbocycles. The Balaban J connectivity index is 1.42. The number of hydrogen-bond acceptors (Lipinski definition) is 8. The summed E-state index contributed by atoms with van der Waals surface area (Å²) in [5.74, 6) is -0.571. The first-order chi connectivity index (χ1) is 20.3. The Bertz CT molecular complexity index is 1480. The van der Waals surface area contributed by atoms with Crippen LogP contribution in [0, 0.1) is 5.41 Å². The molecule has 2 fully saturated rings. The number of carboxylic acid groups (broad SMARTS) is 1. The Labute approximate surface area is 252 Å². The molecule has 2 saturated heterocycles. The van der Waals surface area contributed by atoms with Crippen molar-refractivity contribution in [1.29, 1.82) is 0 Å². The van der Waals surface area contributed by atoms with Gasteiger partial charge in [0, 0.05) is 36.3 Å². The second kappa shape index (κ2) is 12.1. The summed E-state index contributed by atoms with van der Waals surface area (Å²) in [6, 6.07) is 11.7. The van der Waals surface area contributed by atoms with Gasteiger partial charge in [-0.2, -0.15) is 23.1 Å². The second-order valence-electron chi connectivity index (χ2n) is 11.4. The average Bonchev–Trinajstić information content (AvgIpc) is 3.35. The van der Waals surface area contributed by atoms with Crippen LogP contribution in [0.1, 0.15) is 44.8 Å². The van der Waals surface area contributed by atoms with Gasteiger partial charge >= 0.3 is 12.1 Å². The van der Waals surface area contributed by atoms with Crippen molar-refractivity contribution in [3.63, 3.8) is 0 Å². The first-order valence-electron chi connectivity index (χ1n) is 14.0. The molecular weight excluding hydrogens is 587 g/mol. The minimum atomic E-state index is -4.82. The van der Waals surface area contributed by atoms with E-state index in [0.29, 0.717) is 56.0 Å². The van der Waals surface area contributed by atoms with Gasteiger partial charge in [-0.15, -0.1) is 0 Å². The summed E-state index contributed by atoms with van der Waals surface area (Å²) < 4.78 is 55.2. The highest BCUT2D eigenvalue weighted by molar-refractivity contribution is 6.30. The summed E-state index contributed by atoms with van der Waals surface area (Å²) in [5.41, 5.74) is 6.34. The molecule has 230 valence electrons. The van der Waals surface area contributed by atoms with Gasteiger partial charge in [0.2, 0.25) is 17.9 Å². The molecule has 0 aliphatic carbocycles. The number of halogens is 4. The summed E-state index contributed by atoms with van der Waals surface area (Å²) in [5, 5.41) is 12.7. The number of benzene rings is 2. The normalized spacial score (nSPS) is 19.0. The lowest BCUT2D eigenvalue weighted by Crippen LogP contribution is -2.41. The van der Waals surface area contributed by atoms with E-state index in [1.165, 1.54) is 24.3 Å². The number of anilines is 2. The number of rotatable bonds is 8. The molecular formula is C30H33ClF3N5O4. The van der Waals surface area contributed by atoms with Crippen LogP contribution in [0.15, 0.2) is 48.5 Å². The first kappa shape index (κ1) is 30.7. The fourth-order valence-corrected chi connectivity index (χ4v) is 5.95. The molecule has 0 saturated carbocycles. The van der Waals surface area contributed by atoms with Gasteiger partial charge in [-0.25, -0.2) is 0 Å². The Morgan fingerprint density at radius 3 is 2.53 bits per heavy atom. The molecule has 1 aromatic heterocycles. The molecule has 3 aromatic rings. The number of hydrogen-bond donors (Lipinski definition) is 3. The monoisotopic (exact) mass is 619 g/mol. The molecule has 9 nitrogen and oxygen atoms in total. The fraction of sp³-hybridized carbons (Fsp3) is 0.433. The van der Waals surface area contributed by atoms with Crippen molar-refractivity contribution in [2.45, 2.75) is 57.5 Å². The summed E-state index contributed by atoms with van der Waals surface area (Å²) in [6.45, 7) is 5.37. The SMILES string of the molecule is CC(C)Oc1cccc(-c2cc(Cl)ccc2C(Oc2cc(N3CCC4(CC3)CN[C@H](C(=O)O)C4)nc(N)n2)C(F)(F)F)c1. The molecule has 1 spiro atoms. The van der Waals surface area contributed by atoms with Crippen LogP contribution < -0.4 is 25.4 Å². The molecule has 0 amide bonds. The highest BCUT2D eigenvalue weighted by Gasteiger charge is 2.46. The molecule has 2 atom stereocenters. The zero-order valence-electron chi connectivity index (χ0n) is 23.7. The molecule has 3 heterocycles. The zero-order valence-corrected chi connectivity index (χ0v) is 24.5. The maximum Gasteiger partial charge on any atom is 0.429 e. The van der Waals surface area contributed by atoms with E-state index in [1.54, 1.807) is 24.3 Å². The largest absolute Gasteiger partial charge is 0.491 e. The van der Waals surface area contributed by atoms with Crippen molar-refractivity contribution in [3.8, 4) is 22.8 Å². The second-order valence-corrected chi connectivity index (χ2v) is 11.8. The van der Waals surface area contributed by atoms with Crippen LogP contribution in [0.4, 0.5) is 24.9 Å². The van der Waals surface area contributed by atoms with E-state index in [2.05, 4.69) is 15.3 Å². The lowest BCUT2D eigenvalue weighted by atomic mass is 9.76. The molecule has 0 radical (unpaired) electrons. The number of piperidine rings is 1. The molecule has 1 unspecified atom stereocenters. The van der Waals surface area contributed by atoms with E-state index in [0.717, 1.165) is 0 Å². The Kier molecular flexibility index (Phi) is 8.62. The molecule has 43 heavy (non-hydrogen) atoms. The number of alkyl halides is 3. The summed E-state index contributed by atoms with van der Waals surface area (Å²) in [4.78, 5) is 21.5.